The Morgan fingerprint density at radius 2 is 2.03 bits per heavy atom. The molecule has 1 saturated heterocycles. The number of carbonyl (C=O) groups excluding carboxylic acids is 2. The maximum atomic E-state index is 13.0. The van der Waals surface area contributed by atoms with E-state index in [1.54, 1.807) is 18.2 Å². The molecule has 1 aromatic rings. The van der Waals surface area contributed by atoms with E-state index in [1.807, 2.05) is 0 Å². The number of nitrogens with zero attached hydrogens (tertiary/aromatic N) is 2. The summed E-state index contributed by atoms with van der Waals surface area (Å²) in [7, 11) is 0. The second-order valence-corrected chi connectivity index (χ2v) is 8.95. The predicted octanol–water partition coefficient (Wildman–Crippen LogP) is 2.26. The lowest BCUT2D eigenvalue weighted by molar-refractivity contribution is -0.142. The van der Waals surface area contributed by atoms with E-state index < -0.39 is 42.1 Å². The SMILES string of the molecule is C=CC(C(=O)O)C1=C(CC(=O)O)CN2CC(NC(=O)CSc3cc(Cl)ccc3Cl)C(=O)N12. The summed E-state index contributed by atoms with van der Waals surface area (Å²) < 4.78 is 0. The van der Waals surface area contributed by atoms with Gasteiger partial charge in [0.25, 0.3) is 5.91 Å². The zero-order chi connectivity index (χ0) is 23.6. The summed E-state index contributed by atoms with van der Waals surface area (Å²) >= 11 is 13.2. The van der Waals surface area contributed by atoms with Gasteiger partial charge in [-0.15, -0.1) is 18.3 Å². The van der Waals surface area contributed by atoms with Gasteiger partial charge in [-0.05, 0) is 23.8 Å². The Morgan fingerprint density at radius 3 is 2.66 bits per heavy atom. The number of nitrogens with one attached hydrogen (secondary N) is 1. The molecule has 3 N–H and O–H groups in total. The zero-order valence-corrected chi connectivity index (χ0v) is 18.9. The summed E-state index contributed by atoms with van der Waals surface area (Å²) in [4.78, 5) is 48.9. The zero-order valence-electron chi connectivity index (χ0n) is 16.6. The highest BCUT2D eigenvalue weighted by Crippen LogP contribution is 2.36. The molecule has 1 aromatic carbocycles. The minimum atomic E-state index is -1.26. The van der Waals surface area contributed by atoms with Crippen molar-refractivity contribution in [2.24, 2.45) is 5.92 Å². The molecule has 0 aromatic heterocycles. The molecular formula is C20H19Cl2N3O6S. The fourth-order valence-electron chi connectivity index (χ4n) is 3.60. The maximum Gasteiger partial charge on any atom is 0.316 e. The van der Waals surface area contributed by atoms with E-state index >= 15 is 0 Å². The van der Waals surface area contributed by atoms with Crippen LogP contribution in [0.5, 0.6) is 0 Å². The molecule has 0 saturated carbocycles. The topological polar surface area (TPSA) is 127 Å². The van der Waals surface area contributed by atoms with Gasteiger partial charge >= 0.3 is 11.9 Å². The average molecular weight is 500 g/mol. The van der Waals surface area contributed by atoms with Crippen molar-refractivity contribution in [3.8, 4) is 0 Å². The van der Waals surface area contributed by atoms with Gasteiger partial charge < -0.3 is 15.5 Å². The van der Waals surface area contributed by atoms with Crippen LogP contribution in [0, 0.1) is 5.92 Å². The Labute approximate surface area is 197 Å². The number of halogens is 2. The molecule has 2 aliphatic rings. The van der Waals surface area contributed by atoms with Crippen LogP contribution in [-0.4, -0.2) is 68.9 Å². The van der Waals surface area contributed by atoms with Gasteiger partial charge in [0.15, 0.2) is 0 Å². The Kier molecular flexibility index (Phi) is 7.50. The third kappa shape index (κ3) is 5.09. The number of rotatable bonds is 9. The Balaban J connectivity index is 1.71. The average Bonchev–Trinajstić information content (AvgIpc) is 3.19. The Morgan fingerprint density at radius 1 is 1.31 bits per heavy atom. The van der Waals surface area contributed by atoms with Crippen LogP contribution in [0.15, 0.2) is 47.0 Å². The number of aliphatic carboxylic acids is 2. The maximum absolute atomic E-state index is 13.0. The van der Waals surface area contributed by atoms with E-state index in [4.69, 9.17) is 28.3 Å². The van der Waals surface area contributed by atoms with Crippen molar-refractivity contribution in [3.63, 3.8) is 0 Å². The highest BCUT2D eigenvalue weighted by Gasteiger charge is 2.48. The first-order valence-corrected chi connectivity index (χ1v) is 11.1. The standard InChI is InChI=1S/C20H19Cl2N3O6S/c1-2-12(20(30)31)18-10(5-17(27)28)7-24-8-14(19(29)25(18)24)23-16(26)9-32-15-6-11(21)3-4-13(15)22/h2-4,6,12,14H,1,5,7-9H2,(H,23,26)(H,27,28)(H,30,31). The molecule has 2 aliphatic heterocycles. The fraction of sp³-hybridized carbons (Fsp3) is 0.300. The summed E-state index contributed by atoms with van der Waals surface area (Å²) in [5.41, 5.74) is 0.380. The van der Waals surface area contributed by atoms with Crippen LogP contribution in [-0.2, 0) is 19.2 Å². The summed E-state index contributed by atoms with van der Waals surface area (Å²) in [6.45, 7) is 3.66. The van der Waals surface area contributed by atoms with Crippen molar-refractivity contribution in [1.82, 2.24) is 15.3 Å². The van der Waals surface area contributed by atoms with Gasteiger partial charge in [-0.1, -0.05) is 29.3 Å². The second kappa shape index (κ2) is 9.95. The number of fused-ring (bicyclic) bond motifs is 1. The molecule has 2 amide bonds. The molecular weight excluding hydrogens is 481 g/mol. The van der Waals surface area contributed by atoms with Gasteiger partial charge in [0, 0.05) is 23.0 Å². The van der Waals surface area contributed by atoms with Gasteiger partial charge in [-0.3, -0.25) is 19.2 Å². The van der Waals surface area contributed by atoms with Crippen LogP contribution >= 0.6 is 35.0 Å². The third-order valence-electron chi connectivity index (χ3n) is 4.90. The number of amides is 2. The van der Waals surface area contributed by atoms with Gasteiger partial charge in [0.1, 0.15) is 12.0 Å². The molecule has 2 unspecified atom stereocenters. The first-order chi connectivity index (χ1) is 15.1. The van der Waals surface area contributed by atoms with Crippen molar-refractivity contribution >= 4 is 58.7 Å². The van der Waals surface area contributed by atoms with Crippen LogP contribution in [0.3, 0.4) is 0 Å². The first-order valence-electron chi connectivity index (χ1n) is 9.37. The first kappa shape index (κ1) is 24.1. The predicted molar refractivity (Wildman–Crippen MR) is 118 cm³/mol. The van der Waals surface area contributed by atoms with Crippen molar-refractivity contribution in [2.75, 3.05) is 18.8 Å². The number of benzene rings is 1. The van der Waals surface area contributed by atoms with Crippen LogP contribution in [0.1, 0.15) is 6.42 Å². The largest absolute Gasteiger partial charge is 0.481 e. The Bertz CT molecular complexity index is 1030. The number of carbonyl (C=O) groups is 4. The number of carboxylic acids is 2. The van der Waals surface area contributed by atoms with Crippen LogP contribution in [0.2, 0.25) is 10.0 Å². The smallest absolute Gasteiger partial charge is 0.316 e. The van der Waals surface area contributed by atoms with E-state index in [1.165, 1.54) is 5.01 Å². The lowest BCUT2D eigenvalue weighted by Gasteiger charge is -2.24. The third-order valence-corrected chi connectivity index (χ3v) is 6.63. The normalized spacial score (nSPS) is 19.1. The monoisotopic (exact) mass is 499 g/mol. The molecule has 0 spiro atoms. The highest BCUT2D eigenvalue weighted by atomic mass is 35.5. The quantitative estimate of drug-likeness (QED) is 0.348. The van der Waals surface area contributed by atoms with Crippen molar-refractivity contribution in [2.45, 2.75) is 17.4 Å². The van der Waals surface area contributed by atoms with Crippen LogP contribution in [0.25, 0.3) is 0 Å². The van der Waals surface area contributed by atoms with Gasteiger partial charge in [-0.25, -0.2) is 10.0 Å². The lowest BCUT2D eigenvalue weighted by Crippen LogP contribution is -2.44. The summed E-state index contributed by atoms with van der Waals surface area (Å²) in [5, 5.41) is 24.9. The number of thioether (sulfide) groups is 1. The highest BCUT2D eigenvalue weighted by molar-refractivity contribution is 8.00. The summed E-state index contributed by atoms with van der Waals surface area (Å²) in [6, 6.07) is 3.98. The summed E-state index contributed by atoms with van der Waals surface area (Å²) in [5.74, 6) is -4.61. The molecule has 9 nitrogen and oxygen atoms in total. The Hall–Kier alpha value is -2.53. The van der Waals surface area contributed by atoms with E-state index in [9.17, 15) is 24.3 Å². The number of carboxylic acid groups (broad SMARTS) is 2. The number of hydrazine groups is 1. The second-order valence-electron chi connectivity index (χ2n) is 7.09. The molecule has 2 atom stereocenters. The van der Waals surface area contributed by atoms with E-state index in [0.29, 0.717) is 20.5 Å². The molecule has 170 valence electrons. The molecule has 3 rings (SSSR count). The van der Waals surface area contributed by atoms with Crippen molar-refractivity contribution in [3.05, 3.63) is 52.2 Å². The molecule has 0 aliphatic carbocycles. The van der Waals surface area contributed by atoms with E-state index in [0.717, 1.165) is 22.8 Å². The van der Waals surface area contributed by atoms with Crippen molar-refractivity contribution < 1.29 is 29.4 Å². The number of hydrogen-bond donors (Lipinski definition) is 3. The minimum absolute atomic E-state index is 0.0127. The molecule has 0 bridgehead atoms. The molecule has 0 radical (unpaired) electrons. The molecule has 32 heavy (non-hydrogen) atoms. The van der Waals surface area contributed by atoms with Gasteiger partial charge in [-0.2, -0.15) is 0 Å². The fourth-order valence-corrected chi connectivity index (χ4v) is 4.90. The van der Waals surface area contributed by atoms with E-state index in [-0.39, 0.29) is 24.5 Å². The van der Waals surface area contributed by atoms with Crippen molar-refractivity contribution in [1.29, 1.82) is 0 Å². The minimum Gasteiger partial charge on any atom is -0.481 e. The lowest BCUT2D eigenvalue weighted by atomic mass is 9.98. The van der Waals surface area contributed by atoms with E-state index in [2.05, 4.69) is 11.9 Å². The molecule has 1 fully saturated rings. The van der Waals surface area contributed by atoms with Crippen LogP contribution < -0.4 is 5.32 Å². The summed E-state index contributed by atoms with van der Waals surface area (Å²) in [6.07, 6.45) is 0.745. The van der Waals surface area contributed by atoms with Gasteiger partial charge in [0.2, 0.25) is 5.91 Å². The molecule has 12 heteroatoms. The number of hydrogen-bond acceptors (Lipinski definition) is 6. The van der Waals surface area contributed by atoms with Gasteiger partial charge in [0.05, 0.1) is 22.9 Å². The molecule has 2 heterocycles. The van der Waals surface area contributed by atoms with Crippen LogP contribution in [0.4, 0.5) is 0 Å².